The molecule has 0 spiro atoms. The number of anilines is 2. The molecule has 0 radical (unpaired) electrons. The summed E-state index contributed by atoms with van der Waals surface area (Å²) in [5, 5.41) is 14.9. The molecule has 0 saturated carbocycles. The summed E-state index contributed by atoms with van der Waals surface area (Å²) in [6, 6.07) is 26.6. The molecule has 1 aliphatic rings. The first-order valence-electron chi connectivity index (χ1n) is 12.4. The minimum atomic E-state index is -1.03. The van der Waals surface area contributed by atoms with Gasteiger partial charge in [-0.05, 0) is 72.6 Å². The fourth-order valence-corrected chi connectivity index (χ4v) is 4.78. The van der Waals surface area contributed by atoms with Gasteiger partial charge in [-0.3, -0.25) is 0 Å². The standard InChI is InChI=1S/C30H29FN2O4/c1-20(26-8-4-6-21-5-2-3-7-27(21)26)32-16-15-25-18-33(28-17-22(31)9-14-29(28)37-25)23-10-12-24(13-11-23)36-19-30(34)35/h2-14,17,20,25,32H,15-16,18-19H2,1H3,(H,34,35)/t20-,25?/m1/s1. The molecule has 190 valence electrons. The van der Waals surface area contributed by atoms with E-state index in [1.807, 2.05) is 17.0 Å². The first-order valence-corrected chi connectivity index (χ1v) is 12.4. The SMILES string of the molecule is C[C@@H](NCCC1CN(c2ccc(OCC(=O)O)cc2)c2cc(F)ccc2O1)c1cccc2ccccc12. The van der Waals surface area contributed by atoms with E-state index in [-0.39, 0.29) is 18.0 Å². The molecule has 1 unspecified atom stereocenters. The van der Waals surface area contributed by atoms with Gasteiger partial charge in [0.15, 0.2) is 6.61 Å². The van der Waals surface area contributed by atoms with E-state index in [2.05, 4.69) is 54.7 Å². The van der Waals surface area contributed by atoms with E-state index in [0.29, 0.717) is 23.7 Å². The van der Waals surface area contributed by atoms with E-state index in [4.69, 9.17) is 14.6 Å². The molecule has 0 aromatic heterocycles. The molecular formula is C30H29FN2O4. The van der Waals surface area contributed by atoms with Crippen molar-refractivity contribution in [3.63, 3.8) is 0 Å². The number of halogens is 1. The lowest BCUT2D eigenvalue weighted by Crippen LogP contribution is -2.39. The quantitative estimate of drug-likeness (QED) is 0.290. The van der Waals surface area contributed by atoms with Crippen LogP contribution in [0.25, 0.3) is 10.8 Å². The number of hydrogen-bond donors (Lipinski definition) is 2. The maximum Gasteiger partial charge on any atom is 0.341 e. The molecule has 0 saturated heterocycles. The fraction of sp³-hybridized carbons (Fsp3) is 0.233. The number of aliphatic carboxylic acids is 1. The Morgan fingerprint density at radius 2 is 1.89 bits per heavy atom. The zero-order valence-corrected chi connectivity index (χ0v) is 20.6. The van der Waals surface area contributed by atoms with Gasteiger partial charge >= 0.3 is 5.97 Å². The molecule has 2 atom stereocenters. The predicted octanol–water partition coefficient (Wildman–Crippen LogP) is 6.08. The number of benzene rings is 4. The summed E-state index contributed by atoms with van der Waals surface area (Å²) in [5.74, 6) is -0.279. The van der Waals surface area contributed by atoms with Crippen molar-refractivity contribution in [3.05, 3.63) is 96.3 Å². The molecule has 0 aliphatic carbocycles. The largest absolute Gasteiger partial charge is 0.486 e. The van der Waals surface area contributed by atoms with Crippen LogP contribution in [0.2, 0.25) is 0 Å². The zero-order chi connectivity index (χ0) is 25.8. The lowest BCUT2D eigenvalue weighted by atomic mass is 9.99. The number of ether oxygens (including phenoxy) is 2. The van der Waals surface area contributed by atoms with Crippen LogP contribution in [0, 0.1) is 5.82 Å². The van der Waals surface area contributed by atoms with Gasteiger partial charge in [0.25, 0.3) is 0 Å². The van der Waals surface area contributed by atoms with E-state index in [0.717, 1.165) is 18.7 Å². The number of carboxylic acid groups (broad SMARTS) is 1. The van der Waals surface area contributed by atoms with Crippen LogP contribution in [0.3, 0.4) is 0 Å². The summed E-state index contributed by atoms with van der Waals surface area (Å²) >= 11 is 0. The van der Waals surface area contributed by atoms with Gasteiger partial charge in [-0.1, -0.05) is 42.5 Å². The Morgan fingerprint density at radius 3 is 2.70 bits per heavy atom. The molecule has 1 heterocycles. The van der Waals surface area contributed by atoms with Crippen molar-refractivity contribution >= 4 is 28.1 Å². The molecule has 1 aliphatic heterocycles. The summed E-state index contributed by atoms with van der Waals surface area (Å²) in [6.45, 7) is 3.07. The van der Waals surface area contributed by atoms with Crippen molar-refractivity contribution in [1.82, 2.24) is 5.32 Å². The average molecular weight is 501 g/mol. The van der Waals surface area contributed by atoms with Gasteiger partial charge in [-0.2, -0.15) is 0 Å². The molecule has 0 fully saturated rings. The first kappa shape index (κ1) is 24.6. The smallest absolute Gasteiger partial charge is 0.341 e. The highest BCUT2D eigenvalue weighted by molar-refractivity contribution is 5.86. The molecule has 0 bridgehead atoms. The first-order chi connectivity index (χ1) is 18.0. The van der Waals surface area contributed by atoms with Crippen molar-refractivity contribution in [2.45, 2.75) is 25.5 Å². The second-order valence-corrected chi connectivity index (χ2v) is 9.17. The third-order valence-corrected chi connectivity index (χ3v) is 6.61. The molecule has 4 aromatic rings. The summed E-state index contributed by atoms with van der Waals surface area (Å²) in [4.78, 5) is 12.8. The van der Waals surface area contributed by atoms with E-state index < -0.39 is 12.6 Å². The normalized spacial score (nSPS) is 15.6. The van der Waals surface area contributed by atoms with E-state index in [9.17, 15) is 9.18 Å². The number of fused-ring (bicyclic) bond motifs is 2. The van der Waals surface area contributed by atoms with E-state index in [1.165, 1.54) is 28.5 Å². The Bertz CT molecular complexity index is 1390. The van der Waals surface area contributed by atoms with Crippen molar-refractivity contribution in [2.75, 3.05) is 24.6 Å². The van der Waals surface area contributed by atoms with Crippen LogP contribution in [-0.2, 0) is 4.79 Å². The number of nitrogens with one attached hydrogen (secondary N) is 1. The van der Waals surface area contributed by atoms with Crippen LogP contribution in [0.4, 0.5) is 15.8 Å². The summed E-state index contributed by atoms with van der Waals surface area (Å²) in [6.07, 6.45) is 0.663. The molecule has 4 aromatic carbocycles. The third kappa shape index (κ3) is 5.67. The minimum Gasteiger partial charge on any atom is -0.486 e. The lowest BCUT2D eigenvalue weighted by Gasteiger charge is -2.36. The summed E-state index contributed by atoms with van der Waals surface area (Å²) in [7, 11) is 0. The van der Waals surface area contributed by atoms with Gasteiger partial charge in [0.1, 0.15) is 23.4 Å². The molecule has 2 N–H and O–H groups in total. The molecule has 37 heavy (non-hydrogen) atoms. The van der Waals surface area contributed by atoms with Crippen molar-refractivity contribution in [3.8, 4) is 11.5 Å². The molecule has 0 amide bonds. The molecule has 6 nitrogen and oxygen atoms in total. The van der Waals surface area contributed by atoms with E-state index >= 15 is 0 Å². The maximum atomic E-state index is 14.1. The van der Waals surface area contributed by atoms with Crippen LogP contribution in [0.1, 0.15) is 24.9 Å². The summed E-state index contributed by atoms with van der Waals surface area (Å²) < 4.78 is 25.6. The lowest BCUT2D eigenvalue weighted by molar-refractivity contribution is -0.139. The Labute approximate surface area is 215 Å². The van der Waals surface area contributed by atoms with Crippen LogP contribution in [0.15, 0.2) is 84.9 Å². The topological polar surface area (TPSA) is 71.0 Å². The van der Waals surface area contributed by atoms with Crippen LogP contribution in [0.5, 0.6) is 11.5 Å². The highest BCUT2D eigenvalue weighted by atomic mass is 19.1. The van der Waals surface area contributed by atoms with Crippen molar-refractivity contribution in [2.24, 2.45) is 0 Å². The van der Waals surface area contributed by atoms with Gasteiger partial charge in [0.05, 0.1) is 12.2 Å². The molecule has 5 rings (SSSR count). The molecular weight excluding hydrogens is 471 g/mol. The monoisotopic (exact) mass is 500 g/mol. The number of carbonyl (C=O) groups is 1. The second kappa shape index (κ2) is 10.9. The Morgan fingerprint density at radius 1 is 1.11 bits per heavy atom. The van der Waals surface area contributed by atoms with Crippen molar-refractivity contribution in [1.29, 1.82) is 0 Å². The van der Waals surface area contributed by atoms with Crippen LogP contribution >= 0.6 is 0 Å². The van der Waals surface area contributed by atoms with Gasteiger partial charge in [0, 0.05) is 17.8 Å². The second-order valence-electron chi connectivity index (χ2n) is 9.17. The fourth-order valence-electron chi connectivity index (χ4n) is 4.78. The number of carboxylic acids is 1. The maximum absolute atomic E-state index is 14.1. The average Bonchev–Trinajstić information content (AvgIpc) is 2.91. The van der Waals surface area contributed by atoms with Crippen LogP contribution < -0.4 is 19.7 Å². The highest BCUT2D eigenvalue weighted by Gasteiger charge is 2.27. The van der Waals surface area contributed by atoms with Crippen molar-refractivity contribution < 1.29 is 23.8 Å². The predicted molar refractivity (Wildman–Crippen MR) is 142 cm³/mol. The Kier molecular flexibility index (Phi) is 7.23. The third-order valence-electron chi connectivity index (χ3n) is 6.61. The number of rotatable bonds is 9. The van der Waals surface area contributed by atoms with Gasteiger partial charge in [-0.25, -0.2) is 9.18 Å². The Balaban J connectivity index is 1.28. The van der Waals surface area contributed by atoms with Gasteiger partial charge in [-0.15, -0.1) is 0 Å². The Hall–Kier alpha value is -4.10. The minimum absolute atomic E-state index is 0.104. The van der Waals surface area contributed by atoms with Crippen LogP contribution in [-0.4, -0.2) is 36.9 Å². The van der Waals surface area contributed by atoms with Gasteiger partial charge in [0.2, 0.25) is 0 Å². The molecule has 7 heteroatoms. The number of nitrogens with zero attached hydrogens (tertiary/aromatic N) is 1. The zero-order valence-electron chi connectivity index (χ0n) is 20.6. The highest BCUT2D eigenvalue weighted by Crippen LogP contribution is 2.39. The summed E-state index contributed by atoms with van der Waals surface area (Å²) in [5.41, 5.74) is 2.77. The van der Waals surface area contributed by atoms with Gasteiger partial charge < -0.3 is 24.8 Å². The number of hydrogen-bond acceptors (Lipinski definition) is 5. The van der Waals surface area contributed by atoms with E-state index in [1.54, 1.807) is 18.2 Å².